The molecular formula is C12H17N3O2. The first kappa shape index (κ1) is 11.7. The Morgan fingerprint density at radius 3 is 2.53 bits per heavy atom. The number of aromatic hydroxyl groups is 2. The highest BCUT2D eigenvalue weighted by Crippen LogP contribution is 2.20. The van der Waals surface area contributed by atoms with Crippen LogP contribution >= 0.6 is 0 Å². The van der Waals surface area contributed by atoms with E-state index in [4.69, 9.17) is 5.11 Å². The summed E-state index contributed by atoms with van der Waals surface area (Å²) in [6, 6.07) is 4.49. The van der Waals surface area contributed by atoms with Crippen molar-refractivity contribution >= 4 is 6.21 Å². The fraction of sp³-hybridized carbons (Fsp3) is 0.417. The number of nitrogens with zero attached hydrogens (tertiary/aromatic N) is 3. The molecule has 2 N–H and O–H groups in total. The molecule has 1 aliphatic heterocycles. The van der Waals surface area contributed by atoms with Crippen LogP contribution in [0.2, 0.25) is 0 Å². The number of hydrazone groups is 1. The van der Waals surface area contributed by atoms with E-state index < -0.39 is 0 Å². The molecule has 1 aliphatic rings. The molecule has 0 amide bonds. The van der Waals surface area contributed by atoms with Gasteiger partial charge in [-0.1, -0.05) is 0 Å². The fourth-order valence-corrected chi connectivity index (χ4v) is 1.70. The van der Waals surface area contributed by atoms with E-state index in [1.54, 1.807) is 12.3 Å². The van der Waals surface area contributed by atoms with Crippen LogP contribution in [0, 0.1) is 0 Å². The van der Waals surface area contributed by atoms with E-state index in [1.807, 2.05) is 5.01 Å². The molecule has 0 aliphatic carbocycles. The van der Waals surface area contributed by atoms with Gasteiger partial charge in [0.15, 0.2) is 0 Å². The third-order valence-corrected chi connectivity index (χ3v) is 2.85. The first-order valence-electron chi connectivity index (χ1n) is 5.64. The van der Waals surface area contributed by atoms with Gasteiger partial charge in [0, 0.05) is 37.8 Å². The van der Waals surface area contributed by atoms with Crippen LogP contribution < -0.4 is 0 Å². The molecule has 92 valence electrons. The molecule has 0 unspecified atom stereocenters. The summed E-state index contributed by atoms with van der Waals surface area (Å²) in [5.41, 5.74) is 0.613. The van der Waals surface area contributed by atoms with E-state index in [0.717, 1.165) is 26.2 Å². The molecule has 5 heteroatoms. The highest BCUT2D eigenvalue weighted by Gasteiger charge is 2.11. The summed E-state index contributed by atoms with van der Waals surface area (Å²) < 4.78 is 0. The van der Waals surface area contributed by atoms with Crippen LogP contribution in [0.25, 0.3) is 0 Å². The van der Waals surface area contributed by atoms with Gasteiger partial charge in [-0.2, -0.15) is 5.10 Å². The van der Waals surface area contributed by atoms with Crippen molar-refractivity contribution in [3.05, 3.63) is 23.8 Å². The average molecular weight is 235 g/mol. The van der Waals surface area contributed by atoms with Crippen LogP contribution in [-0.2, 0) is 0 Å². The predicted octanol–water partition coefficient (Wildman–Crippen LogP) is 0.679. The topological polar surface area (TPSA) is 59.3 Å². The van der Waals surface area contributed by atoms with Gasteiger partial charge < -0.3 is 15.1 Å². The molecule has 1 aromatic carbocycles. The van der Waals surface area contributed by atoms with Crippen molar-refractivity contribution in [2.75, 3.05) is 33.2 Å². The molecule has 1 heterocycles. The van der Waals surface area contributed by atoms with Crippen molar-refractivity contribution in [2.45, 2.75) is 0 Å². The Hall–Kier alpha value is -1.75. The molecule has 0 spiro atoms. The highest BCUT2D eigenvalue weighted by molar-refractivity contribution is 5.83. The number of phenolic OH excluding ortho intramolecular Hbond substituents is 2. The van der Waals surface area contributed by atoms with E-state index in [1.165, 1.54) is 12.1 Å². The van der Waals surface area contributed by atoms with Crippen LogP contribution in [-0.4, -0.2) is 59.6 Å². The molecule has 1 aromatic rings. The summed E-state index contributed by atoms with van der Waals surface area (Å²) in [7, 11) is 2.09. The van der Waals surface area contributed by atoms with Crippen LogP contribution in [0.3, 0.4) is 0 Å². The second-order valence-corrected chi connectivity index (χ2v) is 4.24. The third-order valence-electron chi connectivity index (χ3n) is 2.85. The molecule has 0 bridgehead atoms. The molecule has 1 saturated heterocycles. The van der Waals surface area contributed by atoms with E-state index in [-0.39, 0.29) is 11.5 Å². The van der Waals surface area contributed by atoms with E-state index >= 15 is 0 Å². The lowest BCUT2D eigenvalue weighted by atomic mass is 10.2. The van der Waals surface area contributed by atoms with Gasteiger partial charge >= 0.3 is 0 Å². The molecule has 0 aromatic heterocycles. The number of likely N-dealkylation sites (N-methyl/N-ethyl adjacent to an activating group) is 1. The minimum Gasteiger partial charge on any atom is -0.508 e. The molecule has 5 nitrogen and oxygen atoms in total. The molecule has 0 atom stereocenters. The van der Waals surface area contributed by atoms with Gasteiger partial charge in [0.25, 0.3) is 0 Å². The SMILES string of the molecule is CN1CCN(N=Cc2ccc(O)cc2O)CC1. The van der Waals surface area contributed by atoms with Gasteiger partial charge in [0.05, 0.1) is 6.21 Å². The maximum absolute atomic E-state index is 9.58. The summed E-state index contributed by atoms with van der Waals surface area (Å²) in [5, 5.41) is 25.0. The first-order valence-corrected chi connectivity index (χ1v) is 5.64. The number of benzene rings is 1. The van der Waals surface area contributed by atoms with Gasteiger partial charge in [-0.15, -0.1) is 0 Å². The minimum absolute atomic E-state index is 0.0443. The lowest BCUT2D eigenvalue weighted by Gasteiger charge is -2.30. The van der Waals surface area contributed by atoms with Crippen molar-refractivity contribution in [3.8, 4) is 11.5 Å². The fourth-order valence-electron chi connectivity index (χ4n) is 1.70. The van der Waals surface area contributed by atoms with Crippen LogP contribution in [0.1, 0.15) is 5.56 Å². The first-order chi connectivity index (χ1) is 8.15. The van der Waals surface area contributed by atoms with E-state index in [0.29, 0.717) is 5.56 Å². The monoisotopic (exact) mass is 235 g/mol. The second-order valence-electron chi connectivity index (χ2n) is 4.24. The van der Waals surface area contributed by atoms with Crippen molar-refractivity contribution in [2.24, 2.45) is 5.10 Å². The van der Waals surface area contributed by atoms with Gasteiger partial charge in [0.1, 0.15) is 11.5 Å². The Kier molecular flexibility index (Phi) is 3.49. The van der Waals surface area contributed by atoms with E-state index in [2.05, 4.69) is 17.0 Å². The van der Waals surface area contributed by atoms with Crippen LogP contribution in [0.5, 0.6) is 11.5 Å². The Morgan fingerprint density at radius 2 is 1.88 bits per heavy atom. The van der Waals surface area contributed by atoms with Crippen molar-refractivity contribution < 1.29 is 10.2 Å². The minimum atomic E-state index is 0.0443. The zero-order valence-electron chi connectivity index (χ0n) is 9.87. The standard InChI is InChI=1S/C12H17N3O2/c1-14-4-6-15(7-5-14)13-9-10-2-3-11(16)8-12(10)17/h2-3,8-9,16-17H,4-7H2,1H3. The Bertz CT molecular complexity index is 412. The molecular weight excluding hydrogens is 218 g/mol. The quantitative estimate of drug-likeness (QED) is 0.740. The van der Waals surface area contributed by atoms with Gasteiger partial charge in [-0.25, -0.2) is 0 Å². The Morgan fingerprint density at radius 1 is 1.18 bits per heavy atom. The van der Waals surface area contributed by atoms with Crippen LogP contribution in [0.15, 0.2) is 23.3 Å². The summed E-state index contributed by atoms with van der Waals surface area (Å²) in [6.45, 7) is 3.79. The van der Waals surface area contributed by atoms with E-state index in [9.17, 15) is 5.11 Å². The highest BCUT2D eigenvalue weighted by atomic mass is 16.3. The maximum Gasteiger partial charge on any atom is 0.128 e. The van der Waals surface area contributed by atoms with Gasteiger partial charge in [0.2, 0.25) is 0 Å². The Labute approximate surface area is 101 Å². The van der Waals surface area contributed by atoms with Gasteiger partial charge in [-0.3, -0.25) is 5.01 Å². The maximum atomic E-state index is 9.58. The zero-order valence-corrected chi connectivity index (χ0v) is 9.87. The molecule has 0 saturated carbocycles. The number of hydrogen-bond acceptors (Lipinski definition) is 5. The third kappa shape index (κ3) is 3.10. The summed E-state index contributed by atoms with van der Waals surface area (Å²) in [6.07, 6.45) is 1.63. The van der Waals surface area contributed by atoms with Gasteiger partial charge in [-0.05, 0) is 19.2 Å². The zero-order chi connectivity index (χ0) is 12.3. The Balaban J connectivity index is 2.00. The summed E-state index contributed by atoms with van der Waals surface area (Å²) in [5.74, 6) is 0.0992. The lowest BCUT2D eigenvalue weighted by molar-refractivity contribution is 0.159. The van der Waals surface area contributed by atoms with Crippen molar-refractivity contribution in [1.82, 2.24) is 9.91 Å². The molecule has 2 rings (SSSR count). The normalized spacial score (nSPS) is 17.8. The van der Waals surface area contributed by atoms with Crippen LogP contribution in [0.4, 0.5) is 0 Å². The summed E-state index contributed by atoms with van der Waals surface area (Å²) in [4.78, 5) is 2.25. The number of piperazine rings is 1. The lowest BCUT2D eigenvalue weighted by Crippen LogP contribution is -2.41. The average Bonchev–Trinajstić information content (AvgIpc) is 2.30. The smallest absolute Gasteiger partial charge is 0.128 e. The number of rotatable bonds is 2. The molecule has 17 heavy (non-hydrogen) atoms. The molecule has 0 radical (unpaired) electrons. The van der Waals surface area contributed by atoms with Crippen molar-refractivity contribution in [3.63, 3.8) is 0 Å². The number of hydrogen-bond donors (Lipinski definition) is 2. The largest absolute Gasteiger partial charge is 0.508 e. The molecule has 1 fully saturated rings. The summed E-state index contributed by atoms with van der Waals surface area (Å²) >= 11 is 0. The number of phenols is 2. The second kappa shape index (κ2) is 5.05. The predicted molar refractivity (Wildman–Crippen MR) is 66.4 cm³/mol. The van der Waals surface area contributed by atoms with Crippen molar-refractivity contribution in [1.29, 1.82) is 0 Å².